The van der Waals surface area contributed by atoms with E-state index in [0.717, 1.165) is 0 Å². The molecule has 4 rings (SSSR count). The number of benzene rings is 1. The maximum Gasteiger partial charge on any atom is 0.408 e. The van der Waals surface area contributed by atoms with Crippen molar-refractivity contribution >= 4 is 29.6 Å². The van der Waals surface area contributed by atoms with Crippen molar-refractivity contribution in [2.75, 3.05) is 20.7 Å². The molecule has 292 valence electrons. The van der Waals surface area contributed by atoms with Crippen molar-refractivity contribution in [3.8, 4) is 12.3 Å². The molecule has 1 N–H and O–H groups in total. The highest BCUT2D eigenvalue weighted by molar-refractivity contribution is 6.00. The molecule has 0 bridgehead atoms. The zero-order chi connectivity index (χ0) is 39.4. The van der Waals surface area contributed by atoms with E-state index in [4.69, 9.17) is 34.8 Å². The Morgan fingerprint density at radius 3 is 2.28 bits per heavy atom. The summed E-state index contributed by atoms with van der Waals surface area (Å²) in [5, 5.41) is 2.77. The lowest BCUT2D eigenvalue weighted by Gasteiger charge is -2.48. The first-order chi connectivity index (χ1) is 24.9. The van der Waals surface area contributed by atoms with Gasteiger partial charge in [-0.15, -0.1) is 6.42 Å². The molecular weight excluding hydrogens is 684 g/mol. The molecule has 1 aromatic carbocycles. The molecule has 3 aliphatic rings. The minimum Gasteiger partial charge on any atom is -0.458 e. The fraction of sp³-hybridized carbons (Fsp3) is 0.675. The van der Waals surface area contributed by atoms with Crippen LogP contribution in [0.25, 0.3) is 0 Å². The summed E-state index contributed by atoms with van der Waals surface area (Å²) >= 11 is 0. The van der Waals surface area contributed by atoms with Gasteiger partial charge in [0.05, 0.1) is 35.5 Å². The average molecular weight is 741 g/mol. The zero-order valence-corrected chi connectivity index (χ0v) is 32.6. The van der Waals surface area contributed by atoms with E-state index in [1.165, 1.54) is 6.92 Å². The number of ether oxygens (including phenoxy) is 6. The summed E-state index contributed by atoms with van der Waals surface area (Å²) in [6, 6.07) is 7.35. The average Bonchev–Trinajstić information content (AvgIpc) is 3.44. The predicted octanol–water partition coefficient (Wildman–Crippen LogP) is 4.35. The van der Waals surface area contributed by atoms with Gasteiger partial charge in [0.15, 0.2) is 23.8 Å². The van der Waals surface area contributed by atoms with Gasteiger partial charge in [-0.3, -0.25) is 14.4 Å². The second-order valence-corrected chi connectivity index (χ2v) is 15.4. The molecule has 3 fully saturated rings. The van der Waals surface area contributed by atoms with Crippen LogP contribution in [-0.2, 0) is 42.8 Å². The maximum atomic E-state index is 14.4. The smallest absolute Gasteiger partial charge is 0.408 e. The topological polar surface area (TPSA) is 156 Å². The summed E-state index contributed by atoms with van der Waals surface area (Å²) in [5.74, 6) is -3.49. The molecule has 1 amide bonds. The van der Waals surface area contributed by atoms with Crippen molar-refractivity contribution in [2.24, 2.45) is 23.7 Å². The Balaban J connectivity index is 1.82. The van der Waals surface area contributed by atoms with Crippen molar-refractivity contribution in [1.82, 2.24) is 10.2 Å². The summed E-state index contributed by atoms with van der Waals surface area (Å²) in [7, 11) is 3.73. The second kappa shape index (κ2) is 17.1. The van der Waals surface area contributed by atoms with Crippen LogP contribution >= 0.6 is 0 Å². The standard InChI is InChI=1S/C40H56N2O11/c1-12-19-48-39(8)21-22(3)30(43)24(5)33-40(9,53-38(47)41-33)29(13-2)50-35(45)26(7)31(44)25(6)34(39)52-37-32(28(42(10)11)20-23(4)49-37)51-36(46)27-17-15-14-16-18-27/h1,14-18,22-26,28-29,32-34,37H,13,19-21H2,2-11H3,(H,41,47)/t22-,23-,24+,25+,26-,28+,29-,32-,33-,34-,37+,39+,40-/m1/s1. The van der Waals surface area contributed by atoms with Gasteiger partial charge in [-0.1, -0.05) is 51.8 Å². The van der Waals surface area contributed by atoms with Gasteiger partial charge in [-0.25, -0.2) is 9.59 Å². The number of carbonyl (C=O) groups excluding carboxylic acids is 5. The van der Waals surface area contributed by atoms with Gasteiger partial charge in [0.1, 0.15) is 24.4 Å². The fourth-order valence-electron chi connectivity index (χ4n) is 8.21. The Labute approximate surface area is 313 Å². The Morgan fingerprint density at radius 1 is 1.02 bits per heavy atom. The van der Waals surface area contributed by atoms with E-state index < -0.39 is 89.3 Å². The van der Waals surface area contributed by atoms with Gasteiger partial charge in [0.25, 0.3) is 0 Å². The number of alkyl carbamates (subject to hydrolysis) is 1. The lowest BCUT2D eigenvalue weighted by atomic mass is 9.73. The van der Waals surface area contributed by atoms with E-state index >= 15 is 0 Å². The van der Waals surface area contributed by atoms with Crippen LogP contribution in [0.4, 0.5) is 4.79 Å². The SMILES string of the molecule is C#CCO[C@@]1(C)C[C@@H](C)C(=O)[C@H](C)[C@H]2NC(=O)O[C@]2(C)[C@@H](CC)OC(=O)[C@H](C)C(=O)[C@H](C)[C@H]1O[C@@H]1O[C@H](C)C[C@H](N(C)C)[C@H]1OC(=O)c1ccccc1. The predicted molar refractivity (Wildman–Crippen MR) is 193 cm³/mol. The largest absolute Gasteiger partial charge is 0.458 e. The third-order valence-electron chi connectivity index (χ3n) is 11.2. The van der Waals surface area contributed by atoms with Gasteiger partial charge >= 0.3 is 18.0 Å². The second-order valence-electron chi connectivity index (χ2n) is 15.4. The highest BCUT2D eigenvalue weighted by atomic mass is 16.7. The van der Waals surface area contributed by atoms with Crippen LogP contribution < -0.4 is 5.32 Å². The Morgan fingerprint density at radius 2 is 1.68 bits per heavy atom. The third-order valence-corrected chi connectivity index (χ3v) is 11.2. The summed E-state index contributed by atoms with van der Waals surface area (Å²) < 4.78 is 37.4. The molecule has 3 heterocycles. The monoisotopic (exact) mass is 740 g/mol. The molecule has 0 radical (unpaired) electrons. The van der Waals surface area contributed by atoms with Gasteiger partial charge in [-0.05, 0) is 73.2 Å². The van der Waals surface area contributed by atoms with Crippen LogP contribution in [0.15, 0.2) is 30.3 Å². The number of hydrogen-bond donors (Lipinski definition) is 1. The lowest BCUT2D eigenvalue weighted by Crippen LogP contribution is -2.61. The lowest BCUT2D eigenvalue weighted by molar-refractivity contribution is -0.295. The van der Waals surface area contributed by atoms with Crippen molar-refractivity contribution < 1.29 is 52.4 Å². The number of Topliss-reactive ketones (excluding diaryl/α,β-unsaturated/α-hetero) is 2. The number of esters is 2. The van der Waals surface area contributed by atoms with E-state index in [2.05, 4.69) is 11.2 Å². The number of ketones is 2. The number of terminal acetylenes is 1. The van der Waals surface area contributed by atoms with E-state index in [9.17, 15) is 24.0 Å². The zero-order valence-electron chi connectivity index (χ0n) is 32.6. The molecule has 13 atom stereocenters. The van der Waals surface area contributed by atoms with Gasteiger partial charge in [0, 0.05) is 17.8 Å². The number of rotatable bonds is 8. The minimum absolute atomic E-state index is 0.0300. The minimum atomic E-state index is -1.43. The molecule has 0 spiro atoms. The van der Waals surface area contributed by atoms with Crippen LogP contribution in [0.3, 0.4) is 0 Å². The fourth-order valence-corrected chi connectivity index (χ4v) is 8.21. The molecule has 3 saturated heterocycles. The summed E-state index contributed by atoms with van der Waals surface area (Å²) in [5.41, 5.74) is -2.49. The number of carbonyl (C=O) groups is 5. The number of nitrogens with zero attached hydrogens (tertiary/aromatic N) is 1. The summed E-state index contributed by atoms with van der Waals surface area (Å²) in [4.78, 5) is 70.5. The normalized spacial score (nSPS) is 38.5. The van der Waals surface area contributed by atoms with Crippen LogP contribution in [-0.4, -0.2) is 109 Å². The van der Waals surface area contributed by atoms with Crippen molar-refractivity contribution in [2.45, 2.75) is 129 Å². The maximum absolute atomic E-state index is 14.4. The van der Waals surface area contributed by atoms with E-state index in [1.54, 1.807) is 71.9 Å². The molecule has 53 heavy (non-hydrogen) atoms. The van der Waals surface area contributed by atoms with Gasteiger partial charge in [0.2, 0.25) is 0 Å². The number of fused-ring (bicyclic) bond motifs is 1. The molecule has 0 saturated carbocycles. The van der Waals surface area contributed by atoms with E-state index in [-0.39, 0.29) is 37.4 Å². The molecule has 0 aromatic heterocycles. The highest BCUT2D eigenvalue weighted by Crippen LogP contribution is 2.40. The molecular formula is C40H56N2O11. The number of amides is 1. The van der Waals surface area contributed by atoms with Crippen LogP contribution in [0.1, 0.15) is 85.0 Å². The van der Waals surface area contributed by atoms with Crippen LogP contribution in [0, 0.1) is 36.0 Å². The number of hydrogen-bond acceptors (Lipinski definition) is 12. The molecule has 1 aromatic rings. The van der Waals surface area contributed by atoms with E-state index in [0.29, 0.717) is 12.0 Å². The highest BCUT2D eigenvalue weighted by Gasteiger charge is 2.57. The number of cyclic esters (lactones) is 1. The van der Waals surface area contributed by atoms with Gasteiger partial charge in [-0.2, -0.15) is 0 Å². The quantitative estimate of drug-likeness (QED) is 0.174. The number of likely N-dealkylation sites (N-methyl/N-ethyl adjacent to an activating group) is 1. The first-order valence-corrected chi connectivity index (χ1v) is 18.5. The van der Waals surface area contributed by atoms with E-state index in [1.807, 2.05) is 25.9 Å². The first kappa shape index (κ1) is 41.9. The molecule has 13 heteroatoms. The van der Waals surface area contributed by atoms with Crippen molar-refractivity contribution in [3.63, 3.8) is 0 Å². The Hall–Kier alpha value is -3.83. The molecule has 3 aliphatic heterocycles. The Kier molecular flexibility index (Phi) is 13.5. The number of nitrogens with one attached hydrogen (secondary N) is 1. The van der Waals surface area contributed by atoms with Crippen LogP contribution in [0.2, 0.25) is 0 Å². The van der Waals surface area contributed by atoms with Gasteiger partial charge < -0.3 is 38.6 Å². The Bertz CT molecular complexity index is 1540. The molecule has 0 aliphatic carbocycles. The first-order valence-electron chi connectivity index (χ1n) is 18.5. The van der Waals surface area contributed by atoms with Crippen molar-refractivity contribution in [3.05, 3.63) is 35.9 Å². The molecule has 0 unspecified atom stereocenters. The summed E-state index contributed by atoms with van der Waals surface area (Å²) in [6.07, 6.45) is 1.09. The molecule has 13 nitrogen and oxygen atoms in total. The van der Waals surface area contributed by atoms with Crippen LogP contribution in [0.5, 0.6) is 0 Å². The third kappa shape index (κ3) is 8.94. The van der Waals surface area contributed by atoms with Crippen molar-refractivity contribution in [1.29, 1.82) is 0 Å². The summed E-state index contributed by atoms with van der Waals surface area (Å²) in [6.45, 7) is 13.3.